The highest BCUT2D eigenvalue weighted by Crippen LogP contribution is 2.51. The van der Waals surface area contributed by atoms with Gasteiger partial charge in [-0.25, -0.2) is 0 Å². The Bertz CT molecular complexity index is 346. The van der Waals surface area contributed by atoms with Crippen molar-refractivity contribution in [2.45, 2.75) is 87.4 Å². The lowest BCUT2D eigenvalue weighted by Crippen LogP contribution is -2.35. The van der Waals surface area contributed by atoms with Gasteiger partial charge >= 0.3 is 0 Å². The van der Waals surface area contributed by atoms with E-state index in [-0.39, 0.29) is 23.8 Å². The van der Waals surface area contributed by atoms with Crippen molar-refractivity contribution in [1.82, 2.24) is 0 Å². The average molecular weight is 298 g/mol. The summed E-state index contributed by atoms with van der Waals surface area (Å²) in [4.78, 5) is 0. The maximum atomic E-state index is 6.32. The summed E-state index contributed by atoms with van der Waals surface area (Å²) in [7, 11) is 3.46. The zero-order valence-electron chi connectivity index (χ0n) is 13.0. The molecule has 2 saturated carbocycles. The Balaban J connectivity index is 1.20. The van der Waals surface area contributed by atoms with E-state index in [0.29, 0.717) is 12.2 Å². The number of methoxy groups -OCH3 is 2. The molecule has 5 heteroatoms. The van der Waals surface area contributed by atoms with Crippen LogP contribution in [0.1, 0.15) is 51.4 Å². The Hall–Kier alpha value is -0.200. The van der Waals surface area contributed by atoms with E-state index in [9.17, 15) is 0 Å². The van der Waals surface area contributed by atoms with E-state index in [1.807, 2.05) is 0 Å². The van der Waals surface area contributed by atoms with Crippen LogP contribution in [-0.2, 0) is 23.7 Å². The molecule has 5 nitrogen and oxygen atoms in total. The van der Waals surface area contributed by atoms with Crippen LogP contribution in [0.3, 0.4) is 0 Å². The van der Waals surface area contributed by atoms with Crippen molar-refractivity contribution in [3.8, 4) is 0 Å². The lowest BCUT2D eigenvalue weighted by Gasteiger charge is -2.33. The molecule has 0 aromatic heterocycles. The number of hydrogen-bond acceptors (Lipinski definition) is 5. The summed E-state index contributed by atoms with van der Waals surface area (Å²) in [5.74, 6) is 0. The fourth-order valence-corrected chi connectivity index (χ4v) is 4.30. The van der Waals surface area contributed by atoms with E-state index >= 15 is 0 Å². The minimum atomic E-state index is 0.0266. The van der Waals surface area contributed by atoms with Crippen molar-refractivity contribution in [2.24, 2.45) is 0 Å². The average Bonchev–Trinajstić information content (AvgIpc) is 3.40. The summed E-state index contributed by atoms with van der Waals surface area (Å²) in [6, 6.07) is 0. The van der Waals surface area contributed by atoms with Gasteiger partial charge in [0, 0.05) is 14.2 Å². The van der Waals surface area contributed by atoms with E-state index in [1.165, 1.54) is 0 Å². The number of epoxide rings is 2. The van der Waals surface area contributed by atoms with Crippen LogP contribution in [0.4, 0.5) is 0 Å². The number of rotatable bonds is 4. The van der Waals surface area contributed by atoms with Crippen molar-refractivity contribution >= 4 is 0 Å². The molecule has 0 radical (unpaired) electrons. The third kappa shape index (κ3) is 2.53. The maximum Gasteiger partial charge on any atom is 0.187 e. The molecule has 2 heterocycles. The van der Waals surface area contributed by atoms with Gasteiger partial charge in [-0.2, -0.15) is 0 Å². The highest BCUT2D eigenvalue weighted by atomic mass is 16.8. The van der Waals surface area contributed by atoms with E-state index in [0.717, 1.165) is 51.4 Å². The molecular formula is C16H26O5. The zero-order valence-corrected chi connectivity index (χ0v) is 13.0. The number of ether oxygens (including phenoxy) is 5. The second-order valence-electron chi connectivity index (χ2n) is 7.04. The predicted molar refractivity (Wildman–Crippen MR) is 74.8 cm³/mol. The van der Waals surface area contributed by atoms with Crippen LogP contribution in [0.25, 0.3) is 0 Å². The van der Waals surface area contributed by atoms with Gasteiger partial charge in [0.25, 0.3) is 0 Å². The van der Waals surface area contributed by atoms with Crippen molar-refractivity contribution in [2.75, 3.05) is 14.2 Å². The monoisotopic (exact) mass is 298 g/mol. The molecule has 2 aliphatic heterocycles. The Morgan fingerprint density at radius 3 is 1.38 bits per heavy atom. The first kappa shape index (κ1) is 14.4. The molecule has 2 atom stereocenters. The van der Waals surface area contributed by atoms with Gasteiger partial charge in [0.2, 0.25) is 0 Å². The molecule has 2 unspecified atom stereocenters. The third-order valence-corrected chi connectivity index (χ3v) is 5.80. The molecule has 4 aliphatic rings. The first-order chi connectivity index (χ1) is 10.2. The van der Waals surface area contributed by atoms with Crippen molar-refractivity contribution in [3.63, 3.8) is 0 Å². The molecule has 0 N–H and O–H groups in total. The second kappa shape index (κ2) is 5.17. The molecule has 2 aliphatic carbocycles. The van der Waals surface area contributed by atoms with Crippen molar-refractivity contribution in [1.29, 1.82) is 0 Å². The van der Waals surface area contributed by atoms with Gasteiger partial charge in [-0.1, -0.05) is 0 Å². The van der Waals surface area contributed by atoms with Crippen LogP contribution >= 0.6 is 0 Å². The minimum absolute atomic E-state index is 0.0266. The van der Waals surface area contributed by atoms with Crippen LogP contribution in [0.15, 0.2) is 0 Å². The van der Waals surface area contributed by atoms with Crippen LogP contribution in [0.5, 0.6) is 0 Å². The molecule has 2 saturated heterocycles. The third-order valence-electron chi connectivity index (χ3n) is 5.80. The van der Waals surface area contributed by atoms with Gasteiger partial charge in [0.1, 0.15) is 11.2 Å². The van der Waals surface area contributed by atoms with Crippen LogP contribution in [0.2, 0.25) is 0 Å². The first-order valence-corrected chi connectivity index (χ1v) is 8.26. The standard InChI is InChI=1S/C16H26O5/c1-17-13-15(20-13)7-3-11(4-8-15)19-12-5-9-16(10-6-12)14(18-2)21-16/h11-14H,3-10H2,1-2H3. The molecular weight excluding hydrogens is 272 g/mol. The summed E-state index contributed by atoms with van der Waals surface area (Å²) in [6.07, 6.45) is 9.53. The predicted octanol–water partition coefficient (Wildman–Crippen LogP) is 2.37. The van der Waals surface area contributed by atoms with E-state index in [2.05, 4.69) is 0 Å². The Morgan fingerprint density at radius 2 is 1.10 bits per heavy atom. The SMILES string of the molecule is COC1OC12CCC(OC1CCC3(CC1)OC3OC)CC2. The zero-order chi connectivity index (χ0) is 14.5. The van der Waals surface area contributed by atoms with E-state index in [1.54, 1.807) is 14.2 Å². The second-order valence-corrected chi connectivity index (χ2v) is 7.04. The summed E-state index contributed by atoms with van der Waals surface area (Å²) >= 11 is 0. The fourth-order valence-electron chi connectivity index (χ4n) is 4.30. The molecule has 0 amide bonds. The summed E-state index contributed by atoms with van der Waals surface area (Å²) in [5, 5.41) is 0. The molecule has 0 aromatic rings. The molecule has 21 heavy (non-hydrogen) atoms. The molecule has 0 aromatic carbocycles. The highest BCUT2D eigenvalue weighted by molar-refractivity contribution is 5.03. The largest absolute Gasteiger partial charge is 0.375 e. The Morgan fingerprint density at radius 1 is 0.714 bits per heavy atom. The first-order valence-electron chi connectivity index (χ1n) is 8.26. The Labute approximate surface area is 126 Å². The minimum Gasteiger partial charge on any atom is -0.375 e. The van der Waals surface area contributed by atoms with Crippen LogP contribution in [-0.4, -0.2) is 50.2 Å². The number of hydrogen-bond donors (Lipinski definition) is 0. The van der Waals surface area contributed by atoms with Crippen molar-refractivity contribution in [3.05, 3.63) is 0 Å². The maximum absolute atomic E-state index is 6.32. The summed E-state index contributed by atoms with van der Waals surface area (Å²) in [5.41, 5.74) is 0.0531. The smallest absolute Gasteiger partial charge is 0.187 e. The normalized spacial score (nSPS) is 52.3. The Kier molecular flexibility index (Phi) is 3.54. The van der Waals surface area contributed by atoms with E-state index < -0.39 is 0 Å². The fraction of sp³-hybridized carbons (Fsp3) is 1.00. The van der Waals surface area contributed by atoms with Gasteiger partial charge in [-0.3, -0.25) is 0 Å². The van der Waals surface area contributed by atoms with Gasteiger partial charge in [0.15, 0.2) is 12.6 Å². The van der Waals surface area contributed by atoms with Crippen molar-refractivity contribution < 1.29 is 23.7 Å². The molecule has 2 spiro atoms. The topological polar surface area (TPSA) is 52.8 Å². The van der Waals surface area contributed by atoms with Gasteiger partial charge in [-0.05, 0) is 51.4 Å². The van der Waals surface area contributed by atoms with E-state index in [4.69, 9.17) is 23.7 Å². The van der Waals surface area contributed by atoms with Crippen LogP contribution in [0, 0.1) is 0 Å². The van der Waals surface area contributed by atoms with Gasteiger partial charge in [-0.15, -0.1) is 0 Å². The lowest BCUT2D eigenvalue weighted by molar-refractivity contribution is -0.0614. The van der Waals surface area contributed by atoms with Gasteiger partial charge < -0.3 is 23.7 Å². The van der Waals surface area contributed by atoms with Gasteiger partial charge in [0.05, 0.1) is 12.2 Å². The molecule has 4 fully saturated rings. The lowest BCUT2D eigenvalue weighted by atomic mass is 9.85. The molecule has 120 valence electrons. The molecule has 0 bridgehead atoms. The highest BCUT2D eigenvalue weighted by Gasteiger charge is 2.59. The summed E-state index contributed by atoms with van der Waals surface area (Å²) in [6.45, 7) is 0. The summed E-state index contributed by atoms with van der Waals surface area (Å²) < 4.78 is 28.3. The molecule has 4 rings (SSSR count). The quantitative estimate of drug-likeness (QED) is 0.746. The van der Waals surface area contributed by atoms with Crippen LogP contribution < -0.4 is 0 Å².